The highest BCUT2D eigenvalue weighted by molar-refractivity contribution is 7.92. The van der Waals surface area contributed by atoms with Gasteiger partial charge in [0.25, 0.3) is 15.9 Å². The van der Waals surface area contributed by atoms with Crippen LogP contribution in [-0.2, 0) is 10.0 Å². The van der Waals surface area contributed by atoms with Crippen molar-refractivity contribution in [3.63, 3.8) is 0 Å². The number of benzene rings is 3. The molecule has 1 heterocycles. The van der Waals surface area contributed by atoms with Crippen molar-refractivity contribution >= 4 is 38.2 Å². The molecule has 0 saturated carbocycles. The number of carbonyl (C=O) groups excluding carboxylic acids is 1. The molecule has 0 aliphatic carbocycles. The molecule has 6 nitrogen and oxygen atoms in total. The van der Waals surface area contributed by atoms with E-state index < -0.39 is 21.7 Å². The molecule has 2 N–H and O–H groups in total. The first kappa shape index (κ1) is 20.5. The van der Waals surface area contributed by atoms with Gasteiger partial charge >= 0.3 is 0 Å². The molecule has 0 saturated heterocycles. The van der Waals surface area contributed by atoms with Crippen molar-refractivity contribution in [1.82, 2.24) is 4.98 Å². The molecule has 8 heteroatoms. The van der Waals surface area contributed by atoms with Crippen molar-refractivity contribution in [2.75, 3.05) is 10.0 Å². The lowest BCUT2D eigenvalue weighted by Crippen LogP contribution is -2.17. The van der Waals surface area contributed by atoms with Gasteiger partial charge < -0.3 is 5.32 Å². The zero-order valence-corrected chi connectivity index (χ0v) is 17.3. The lowest BCUT2D eigenvalue weighted by Gasteiger charge is -2.13. The molecule has 4 rings (SSSR count). The fourth-order valence-corrected chi connectivity index (χ4v) is 4.50. The maximum atomic E-state index is 13.1. The maximum absolute atomic E-state index is 13.1. The number of fused-ring (bicyclic) bond motifs is 1. The molecule has 1 amide bonds. The quantitative estimate of drug-likeness (QED) is 0.474. The number of hydrogen-bond donors (Lipinski definition) is 2. The number of carbonyl (C=O) groups is 1. The van der Waals surface area contributed by atoms with E-state index in [1.807, 2.05) is 12.1 Å². The second-order valence-corrected chi connectivity index (χ2v) is 8.57. The van der Waals surface area contributed by atoms with E-state index in [1.165, 1.54) is 18.2 Å². The first-order valence-electron chi connectivity index (χ1n) is 9.38. The highest BCUT2D eigenvalue weighted by Crippen LogP contribution is 2.24. The van der Waals surface area contributed by atoms with E-state index in [9.17, 15) is 17.6 Å². The number of pyridine rings is 1. The molecule has 0 bridgehead atoms. The molecule has 0 radical (unpaired) electrons. The molecule has 3 aromatic carbocycles. The second-order valence-electron chi connectivity index (χ2n) is 6.92. The molecule has 4 aromatic rings. The van der Waals surface area contributed by atoms with Crippen LogP contribution in [0.15, 0.2) is 83.9 Å². The minimum absolute atomic E-state index is 0.0379. The average Bonchev–Trinajstić information content (AvgIpc) is 2.75. The minimum Gasteiger partial charge on any atom is -0.321 e. The number of hydrogen-bond acceptors (Lipinski definition) is 4. The molecular formula is C23H18FN3O3S. The van der Waals surface area contributed by atoms with Crippen molar-refractivity contribution in [2.45, 2.75) is 11.8 Å². The van der Waals surface area contributed by atoms with E-state index in [2.05, 4.69) is 15.0 Å². The SMILES string of the molecule is Cc1ccc(C(=O)Nc2cccc3ncccc23)cc1S(=O)(=O)Nc1ccc(F)cc1. The number of anilines is 2. The summed E-state index contributed by atoms with van der Waals surface area (Å²) in [6.45, 7) is 1.64. The number of aryl methyl sites for hydroxylation is 1. The number of rotatable bonds is 5. The third-order valence-corrected chi connectivity index (χ3v) is 6.25. The van der Waals surface area contributed by atoms with Crippen molar-refractivity contribution in [3.05, 3.63) is 95.9 Å². The van der Waals surface area contributed by atoms with Crippen LogP contribution in [0.4, 0.5) is 15.8 Å². The Morgan fingerprint density at radius 2 is 1.74 bits per heavy atom. The van der Waals surface area contributed by atoms with Gasteiger partial charge in [-0.15, -0.1) is 0 Å². The highest BCUT2D eigenvalue weighted by Gasteiger charge is 2.20. The maximum Gasteiger partial charge on any atom is 0.262 e. The van der Waals surface area contributed by atoms with Crippen LogP contribution in [0.25, 0.3) is 10.9 Å². The summed E-state index contributed by atoms with van der Waals surface area (Å²) >= 11 is 0. The topological polar surface area (TPSA) is 88.2 Å². The van der Waals surface area contributed by atoms with Gasteiger partial charge in [0.15, 0.2) is 0 Å². The van der Waals surface area contributed by atoms with Gasteiger partial charge in [0, 0.05) is 22.8 Å². The lowest BCUT2D eigenvalue weighted by molar-refractivity contribution is 0.102. The van der Waals surface area contributed by atoms with Gasteiger partial charge in [-0.2, -0.15) is 0 Å². The number of halogens is 1. The largest absolute Gasteiger partial charge is 0.321 e. The fourth-order valence-electron chi connectivity index (χ4n) is 3.17. The van der Waals surface area contributed by atoms with Crippen LogP contribution in [0.2, 0.25) is 0 Å². The third kappa shape index (κ3) is 4.39. The predicted molar refractivity (Wildman–Crippen MR) is 118 cm³/mol. The van der Waals surface area contributed by atoms with E-state index >= 15 is 0 Å². The zero-order chi connectivity index (χ0) is 22.0. The summed E-state index contributed by atoms with van der Waals surface area (Å²) in [6, 6.07) is 18.4. The summed E-state index contributed by atoms with van der Waals surface area (Å²) in [6.07, 6.45) is 1.67. The number of aromatic nitrogens is 1. The van der Waals surface area contributed by atoms with E-state index in [0.717, 1.165) is 23.0 Å². The van der Waals surface area contributed by atoms with Crippen molar-refractivity contribution in [1.29, 1.82) is 0 Å². The van der Waals surface area contributed by atoms with Gasteiger partial charge in [-0.1, -0.05) is 12.1 Å². The minimum atomic E-state index is -3.98. The van der Waals surface area contributed by atoms with Crippen LogP contribution in [-0.4, -0.2) is 19.3 Å². The normalized spacial score (nSPS) is 11.3. The Kier molecular flexibility index (Phi) is 5.39. The summed E-state index contributed by atoms with van der Waals surface area (Å²) in [5, 5.41) is 3.59. The number of amides is 1. The summed E-state index contributed by atoms with van der Waals surface area (Å²) in [5.74, 6) is -0.920. The number of nitrogens with one attached hydrogen (secondary N) is 2. The molecule has 0 unspecified atom stereocenters. The van der Waals surface area contributed by atoms with E-state index in [0.29, 0.717) is 11.3 Å². The van der Waals surface area contributed by atoms with Gasteiger partial charge in [-0.3, -0.25) is 14.5 Å². The predicted octanol–water partition coefficient (Wildman–Crippen LogP) is 4.74. The Labute approximate surface area is 178 Å². The first-order valence-corrected chi connectivity index (χ1v) is 10.9. The Morgan fingerprint density at radius 1 is 0.968 bits per heavy atom. The molecule has 0 aliphatic heterocycles. The van der Waals surface area contributed by atoms with Gasteiger partial charge in [-0.05, 0) is 73.2 Å². The zero-order valence-electron chi connectivity index (χ0n) is 16.5. The standard InChI is InChI=1S/C23H18FN3O3S/c1-15-7-8-16(14-22(15)31(29,30)27-18-11-9-17(24)10-12-18)23(28)26-21-6-2-5-20-19(21)4-3-13-25-20/h2-14,27H,1H3,(H,26,28). The molecular weight excluding hydrogens is 417 g/mol. The van der Waals surface area contributed by atoms with Gasteiger partial charge in [0.1, 0.15) is 5.82 Å². The first-order chi connectivity index (χ1) is 14.8. The van der Waals surface area contributed by atoms with Crippen molar-refractivity contribution in [2.24, 2.45) is 0 Å². The molecule has 0 atom stereocenters. The smallest absolute Gasteiger partial charge is 0.262 e. The van der Waals surface area contributed by atoms with Crippen LogP contribution in [0, 0.1) is 12.7 Å². The lowest BCUT2D eigenvalue weighted by atomic mass is 10.1. The van der Waals surface area contributed by atoms with Crippen LogP contribution in [0.5, 0.6) is 0 Å². The average molecular weight is 435 g/mol. The monoisotopic (exact) mass is 435 g/mol. The summed E-state index contributed by atoms with van der Waals surface area (Å²) < 4.78 is 41.2. The molecule has 0 fully saturated rings. The Bertz CT molecular complexity index is 1380. The summed E-state index contributed by atoms with van der Waals surface area (Å²) in [4.78, 5) is 17.1. The van der Waals surface area contributed by atoms with Crippen LogP contribution < -0.4 is 10.0 Å². The van der Waals surface area contributed by atoms with Crippen molar-refractivity contribution in [3.8, 4) is 0 Å². The highest BCUT2D eigenvalue weighted by atomic mass is 32.2. The van der Waals surface area contributed by atoms with Crippen molar-refractivity contribution < 1.29 is 17.6 Å². The van der Waals surface area contributed by atoms with Gasteiger partial charge in [0.05, 0.1) is 16.1 Å². The third-order valence-electron chi connectivity index (χ3n) is 4.73. The van der Waals surface area contributed by atoms with Crippen LogP contribution in [0.3, 0.4) is 0 Å². The van der Waals surface area contributed by atoms with Gasteiger partial charge in [0.2, 0.25) is 0 Å². The van der Waals surface area contributed by atoms with E-state index in [-0.39, 0.29) is 16.1 Å². The molecule has 0 spiro atoms. The fraction of sp³-hybridized carbons (Fsp3) is 0.0435. The molecule has 156 valence electrons. The molecule has 0 aliphatic rings. The van der Waals surface area contributed by atoms with E-state index in [4.69, 9.17) is 0 Å². The summed E-state index contributed by atoms with van der Waals surface area (Å²) in [7, 11) is -3.98. The van der Waals surface area contributed by atoms with Crippen LogP contribution in [0.1, 0.15) is 15.9 Å². The summed E-state index contributed by atoms with van der Waals surface area (Å²) in [5.41, 5.74) is 2.19. The van der Waals surface area contributed by atoms with E-state index in [1.54, 1.807) is 43.5 Å². The second kappa shape index (κ2) is 8.16. The Hall–Kier alpha value is -3.78. The molecule has 31 heavy (non-hydrogen) atoms. The Balaban J connectivity index is 1.63. The number of sulfonamides is 1. The van der Waals surface area contributed by atoms with Crippen LogP contribution >= 0.6 is 0 Å². The van der Waals surface area contributed by atoms with Gasteiger partial charge in [-0.25, -0.2) is 12.8 Å². The Morgan fingerprint density at radius 3 is 2.52 bits per heavy atom. The number of nitrogens with zero attached hydrogens (tertiary/aromatic N) is 1. The molecule has 1 aromatic heterocycles.